The van der Waals surface area contributed by atoms with Crippen molar-refractivity contribution in [1.82, 2.24) is 4.98 Å². The summed E-state index contributed by atoms with van der Waals surface area (Å²) < 4.78 is 11.0. The first-order valence-corrected chi connectivity index (χ1v) is 7.07. The average Bonchev–Trinajstić information content (AvgIpc) is 2.50. The highest BCUT2D eigenvalue weighted by Crippen LogP contribution is 2.29. The van der Waals surface area contributed by atoms with Crippen LogP contribution in [-0.4, -0.2) is 24.1 Å². The molecule has 2 rings (SSSR count). The van der Waals surface area contributed by atoms with Gasteiger partial charge in [-0.25, -0.2) is 4.98 Å². The van der Waals surface area contributed by atoms with Crippen molar-refractivity contribution in [3.63, 3.8) is 0 Å². The molecule has 1 amide bonds. The van der Waals surface area contributed by atoms with Crippen molar-refractivity contribution >= 4 is 17.4 Å². The fourth-order valence-electron chi connectivity index (χ4n) is 1.91. The zero-order chi connectivity index (χ0) is 15.9. The Morgan fingerprint density at radius 3 is 2.64 bits per heavy atom. The number of anilines is 2. The van der Waals surface area contributed by atoms with Gasteiger partial charge in [0.15, 0.2) is 0 Å². The van der Waals surface area contributed by atoms with Crippen LogP contribution in [0.1, 0.15) is 24.3 Å². The van der Waals surface area contributed by atoms with Crippen molar-refractivity contribution in [2.45, 2.75) is 13.8 Å². The van der Waals surface area contributed by atoms with Crippen molar-refractivity contribution in [1.29, 1.82) is 0 Å². The number of pyridine rings is 1. The van der Waals surface area contributed by atoms with Crippen molar-refractivity contribution in [3.8, 4) is 11.5 Å². The topological polar surface area (TPSA) is 86.5 Å². The molecule has 0 radical (unpaired) electrons. The van der Waals surface area contributed by atoms with Crippen LogP contribution in [0.15, 0.2) is 36.4 Å². The quantitative estimate of drug-likeness (QED) is 0.856. The van der Waals surface area contributed by atoms with E-state index in [0.717, 1.165) is 0 Å². The lowest BCUT2D eigenvalue weighted by Gasteiger charge is -2.13. The number of benzene rings is 1. The molecule has 0 fully saturated rings. The summed E-state index contributed by atoms with van der Waals surface area (Å²) in [6.07, 6.45) is 0. The van der Waals surface area contributed by atoms with E-state index in [2.05, 4.69) is 10.3 Å². The summed E-state index contributed by atoms with van der Waals surface area (Å²) >= 11 is 0. The lowest BCUT2D eigenvalue weighted by molar-refractivity contribution is 0.102. The number of nitrogen functional groups attached to an aromatic ring is 1. The van der Waals surface area contributed by atoms with E-state index in [1.54, 1.807) is 36.4 Å². The van der Waals surface area contributed by atoms with E-state index >= 15 is 0 Å². The third kappa shape index (κ3) is 3.88. The van der Waals surface area contributed by atoms with Crippen LogP contribution in [0, 0.1) is 0 Å². The van der Waals surface area contributed by atoms with Crippen LogP contribution in [0.25, 0.3) is 0 Å². The number of nitrogens with two attached hydrogens (primary N) is 1. The molecule has 0 saturated carbocycles. The van der Waals surface area contributed by atoms with Gasteiger partial charge in [0.2, 0.25) is 0 Å². The highest BCUT2D eigenvalue weighted by Gasteiger charge is 2.12. The van der Waals surface area contributed by atoms with Crippen molar-refractivity contribution < 1.29 is 14.3 Å². The molecular formula is C16H19N3O3. The Morgan fingerprint density at radius 2 is 1.95 bits per heavy atom. The molecular weight excluding hydrogens is 282 g/mol. The van der Waals surface area contributed by atoms with Gasteiger partial charge in [-0.05, 0) is 38.1 Å². The van der Waals surface area contributed by atoms with Crippen LogP contribution < -0.4 is 20.5 Å². The molecule has 1 aromatic heterocycles. The Bertz CT molecular complexity index is 659. The first kappa shape index (κ1) is 15.6. The van der Waals surface area contributed by atoms with E-state index in [0.29, 0.717) is 36.2 Å². The lowest BCUT2D eigenvalue weighted by atomic mass is 10.2. The maximum absolute atomic E-state index is 12.3. The Hall–Kier alpha value is -2.76. The van der Waals surface area contributed by atoms with Crippen LogP contribution in [0.2, 0.25) is 0 Å². The number of amides is 1. The number of nitrogens with one attached hydrogen (secondary N) is 1. The molecule has 0 spiro atoms. The molecule has 116 valence electrons. The number of carbonyl (C=O) groups is 1. The molecule has 22 heavy (non-hydrogen) atoms. The summed E-state index contributed by atoms with van der Waals surface area (Å²) in [4.78, 5) is 16.3. The van der Waals surface area contributed by atoms with Gasteiger partial charge in [-0.15, -0.1) is 0 Å². The molecule has 0 saturated heterocycles. The first-order chi connectivity index (χ1) is 10.6. The molecule has 0 unspecified atom stereocenters. The van der Waals surface area contributed by atoms with Gasteiger partial charge in [-0.3, -0.25) is 4.79 Å². The van der Waals surface area contributed by atoms with Crippen molar-refractivity contribution in [2.24, 2.45) is 0 Å². The Balaban J connectivity index is 2.25. The van der Waals surface area contributed by atoms with Crippen LogP contribution in [0.4, 0.5) is 11.5 Å². The third-order valence-electron chi connectivity index (χ3n) is 2.81. The number of ether oxygens (including phenoxy) is 2. The maximum Gasteiger partial charge on any atom is 0.274 e. The lowest BCUT2D eigenvalue weighted by Crippen LogP contribution is -2.15. The molecule has 0 aliphatic heterocycles. The minimum absolute atomic E-state index is 0.240. The summed E-state index contributed by atoms with van der Waals surface area (Å²) in [6, 6.07) is 10.2. The van der Waals surface area contributed by atoms with Crippen LogP contribution in [-0.2, 0) is 0 Å². The molecule has 0 atom stereocenters. The second-order valence-electron chi connectivity index (χ2n) is 4.43. The van der Waals surface area contributed by atoms with E-state index in [1.807, 2.05) is 13.8 Å². The molecule has 0 bridgehead atoms. The van der Waals surface area contributed by atoms with E-state index < -0.39 is 0 Å². The summed E-state index contributed by atoms with van der Waals surface area (Å²) in [5.74, 6) is 1.16. The molecule has 0 aliphatic carbocycles. The third-order valence-corrected chi connectivity index (χ3v) is 2.81. The van der Waals surface area contributed by atoms with Crippen LogP contribution in [0.5, 0.6) is 11.5 Å². The Morgan fingerprint density at radius 1 is 1.18 bits per heavy atom. The maximum atomic E-state index is 12.3. The Labute approximate surface area is 129 Å². The molecule has 0 aliphatic rings. The van der Waals surface area contributed by atoms with Gasteiger partial charge in [-0.1, -0.05) is 6.07 Å². The number of hydrogen-bond acceptors (Lipinski definition) is 5. The van der Waals surface area contributed by atoms with Gasteiger partial charge in [-0.2, -0.15) is 0 Å². The summed E-state index contributed by atoms with van der Waals surface area (Å²) in [6.45, 7) is 4.80. The molecule has 6 nitrogen and oxygen atoms in total. The van der Waals surface area contributed by atoms with E-state index in [-0.39, 0.29) is 11.6 Å². The SMILES string of the molecule is CCOc1ccc(OCC)c(NC(=O)c2cccc(N)n2)c1. The van der Waals surface area contributed by atoms with Gasteiger partial charge < -0.3 is 20.5 Å². The first-order valence-electron chi connectivity index (χ1n) is 7.07. The van der Waals surface area contributed by atoms with Gasteiger partial charge in [0.25, 0.3) is 5.91 Å². The summed E-state index contributed by atoms with van der Waals surface area (Å²) in [5.41, 5.74) is 6.36. The van der Waals surface area contributed by atoms with Crippen molar-refractivity contribution in [2.75, 3.05) is 24.3 Å². The Kier molecular flexibility index (Phi) is 5.19. The molecule has 3 N–H and O–H groups in total. The highest BCUT2D eigenvalue weighted by atomic mass is 16.5. The number of nitrogens with zero attached hydrogens (tertiary/aromatic N) is 1. The smallest absolute Gasteiger partial charge is 0.274 e. The van der Waals surface area contributed by atoms with Gasteiger partial charge in [0.05, 0.1) is 18.9 Å². The van der Waals surface area contributed by atoms with Crippen molar-refractivity contribution in [3.05, 3.63) is 42.1 Å². The predicted octanol–water partition coefficient (Wildman–Crippen LogP) is 2.71. The number of hydrogen-bond donors (Lipinski definition) is 2. The minimum Gasteiger partial charge on any atom is -0.494 e. The van der Waals surface area contributed by atoms with E-state index in [4.69, 9.17) is 15.2 Å². The number of rotatable bonds is 6. The van der Waals surface area contributed by atoms with E-state index in [1.165, 1.54) is 0 Å². The van der Waals surface area contributed by atoms with Gasteiger partial charge in [0.1, 0.15) is 23.0 Å². The van der Waals surface area contributed by atoms with Gasteiger partial charge in [0, 0.05) is 6.07 Å². The van der Waals surface area contributed by atoms with E-state index in [9.17, 15) is 4.79 Å². The second kappa shape index (κ2) is 7.31. The molecule has 1 aromatic carbocycles. The summed E-state index contributed by atoms with van der Waals surface area (Å²) in [7, 11) is 0. The highest BCUT2D eigenvalue weighted by molar-refractivity contribution is 6.04. The van der Waals surface area contributed by atoms with Gasteiger partial charge >= 0.3 is 0 Å². The largest absolute Gasteiger partial charge is 0.494 e. The molecule has 1 heterocycles. The minimum atomic E-state index is -0.359. The summed E-state index contributed by atoms with van der Waals surface area (Å²) in [5, 5.41) is 2.78. The number of aromatic nitrogens is 1. The molecule has 2 aromatic rings. The molecule has 6 heteroatoms. The average molecular weight is 301 g/mol. The number of carbonyl (C=O) groups excluding carboxylic acids is 1. The predicted molar refractivity (Wildman–Crippen MR) is 85.4 cm³/mol. The zero-order valence-corrected chi connectivity index (χ0v) is 12.6. The normalized spacial score (nSPS) is 10.1. The monoisotopic (exact) mass is 301 g/mol. The fraction of sp³-hybridized carbons (Fsp3) is 0.250. The van der Waals surface area contributed by atoms with Crippen LogP contribution >= 0.6 is 0 Å². The zero-order valence-electron chi connectivity index (χ0n) is 12.6. The standard InChI is InChI=1S/C16H19N3O3/c1-3-21-11-8-9-14(22-4-2)13(10-11)19-16(20)12-6-5-7-15(17)18-12/h5-10H,3-4H2,1-2H3,(H2,17,18)(H,19,20). The van der Waals surface area contributed by atoms with Crippen LogP contribution in [0.3, 0.4) is 0 Å². The second-order valence-corrected chi connectivity index (χ2v) is 4.43. The fourth-order valence-corrected chi connectivity index (χ4v) is 1.91.